The summed E-state index contributed by atoms with van der Waals surface area (Å²) in [6.45, 7) is 6.88. The number of furan rings is 1. The number of anilines is 1. The molecule has 1 N–H and O–H groups in total. The first kappa shape index (κ1) is 23.6. The van der Waals surface area contributed by atoms with Crippen molar-refractivity contribution in [2.45, 2.75) is 32.1 Å². The number of piperidine rings is 1. The molecule has 176 valence electrons. The van der Waals surface area contributed by atoms with Crippen LogP contribution >= 0.6 is 11.6 Å². The van der Waals surface area contributed by atoms with Gasteiger partial charge in [-0.25, -0.2) is 8.42 Å². The molecule has 9 heteroatoms. The minimum atomic E-state index is -3.65. The van der Waals surface area contributed by atoms with Crippen LogP contribution in [0, 0.1) is 18.8 Å². The summed E-state index contributed by atoms with van der Waals surface area (Å²) in [5, 5.41) is 3.79. The van der Waals surface area contributed by atoms with E-state index < -0.39 is 15.9 Å². The maximum atomic E-state index is 13.3. The van der Waals surface area contributed by atoms with Crippen molar-refractivity contribution in [2.24, 2.45) is 11.8 Å². The number of aryl methyl sites for hydroxylation is 1. The highest BCUT2D eigenvalue weighted by Gasteiger charge is 2.32. The van der Waals surface area contributed by atoms with E-state index in [0.717, 1.165) is 6.42 Å². The maximum Gasteiger partial charge on any atom is 0.291 e. The Bertz CT molecular complexity index is 1310. The van der Waals surface area contributed by atoms with Crippen molar-refractivity contribution in [3.8, 4) is 5.75 Å². The summed E-state index contributed by atoms with van der Waals surface area (Å²) in [5.74, 6) is 0.692. The van der Waals surface area contributed by atoms with Gasteiger partial charge in [-0.3, -0.25) is 4.79 Å². The van der Waals surface area contributed by atoms with Gasteiger partial charge < -0.3 is 14.5 Å². The van der Waals surface area contributed by atoms with Gasteiger partial charge in [0.15, 0.2) is 5.76 Å². The number of hydrogen-bond donors (Lipinski definition) is 1. The fourth-order valence-electron chi connectivity index (χ4n) is 4.49. The summed E-state index contributed by atoms with van der Waals surface area (Å²) in [4.78, 5) is 13.2. The lowest BCUT2D eigenvalue weighted by atomic mass is 9.94. The zero-order chi connectivity index (χ0) is 23.9. The third-order valence-corrected chi connectivity index (χ3v) is 8.06. The average Bonchev–Trinajstić information content (AvgIpc) is 3.09. The van der Waals surface area contributed by atoms with Crippen LogP contribution in [0.5, 0.6) is 5.75 Å². The van der Waals surface area contributed by atoms with Gasteiger partial charge in [0.25, 0.3) is 5.91 Å². The second kappa shape index (κ2) is 9.00. The van der Waals surface area contributed by atoms with Gasteiger partial charge in [-0.05, 0) is 61.6 Å². The van der Waals surface area contributed by atoms with E-state index in [0.29, 0.717) is 57.9 Å². The highest BCUT2D eigenvalue weighted by Crippen LogP contribution is 2.33. The summed E-state index contributed by atoms with van der Waals surface area (Å²) >= 11 is 6.05. The molecule has 33 heavy (non-hydrogen) atoms. The zero-order valence-corrected chi connectivity index (χ0v) is 20.6. The topological polar surface area (TPSA) is 88.8 Å². The molecule has 0 spiro atoms. The minimum Gasteiger partial charge on any atom is -0.495 e. The lowest BCUT2D eigenvalue weighted by Crippen LogP contribution is -2.42. The van der Waals surface area contributed by atoms with Crippen molar-refractivity contribution in [3.63, 3.8) is 0 Å². The first-order valence-electron chi connectivity index (χ1n) is 10.8. The maximum absolute atomic E-state index is 13.3. The number of hydrogen-bond acceptors (Lipinski definition) is 5. The molecule has 2 unspecified atom stereocenters. The van der Waals surface area contributed by atoms with E-state index in [1.54, 1.807) is 41.6 Å². The molecule has 0 saturated carbocycles. The Labute approximate surface area is 198 Å². The smallest absolute Gasteiger partial charge is 0.291 e. The largest absolute Gasteiger partial charge is 0.495 e. The predicted molar refractivity (Wildman–Crippen MR) is 129 cm³/mol. The Morgan fingerprint density at radius 3 is 2.52 bits per heavy atom. The van der Waals surface area contributed by atoms with Crippen molar-refractivity contribution < 1.29 is 22.4 Å². The van der Waals surface area contributed by atoms with Gasteiger partial charge in [0, 0.05) is 29.1 Å². The molecule has 1 aliphatic heterocycles. The molecule has 2 atom stereocenters. The molecular formula is C24H27ClN2O5S. The number of amides is 1. The van der Waals surface area contributed by atoms with E-state index in [1.165, 1.54) is 13.2 Å². The minimum absolute atomic E-state index is 0.0989. The van der Waals surface area contributed by atoms with Gasteiger partial charge in [0.1, 0.15) is 11.3 Å². The third-order valence-electron chi connectivity index (χ3n) is 6.00. The predicted octanol–water partition coefficient (Wildman–Crippen LogP) is 5.32. The highest BCUT2D eigenvalue weighted by atomic mass is 35.5. The second-order valence-corrected chi connectivity index (χ2v) is 11.2. The molecule has 1 fully saturated rings. The van der Waals surface area contributed by atoms with Crippen molar-refractivity contribution in [1.82, 2.24) is 4.31 Å². The molecule has 1 aromatic heterocycles. The quantitative estimate of drug-likeness (QED) is 0.522. The normalized spacial score (nSPS) is 19.5. The summed E-state index contributed by atoms with van der Waals surface area (Å²) in [7, 11) is -2.15. The second-order valence-electron chi connectivity index (χ2n) is 8.78. The van der Waals surface area contributed by atoms with Gasteiger partial charge in [-0.15, -0.1) is 0 Å². The van der Waals surface area contributed by atoms with Crippen LogP contribution in [0.25, 0.3) is 11.0 Å². The molecule has 2 heterocycles. The zero-order valence-electron chi connectivity index (χ0n) is 19.0. The van der Waals surface area contributed by atoms with Gasteiger partial charge in [-0.2, -0.15) is 4.31 Å². The Kier molecular flexibility index (Phi) is 6.44. The number of ether oxygens (including phenoxy) is 1. The van der Waals surface area contributed by atoms with E-state index in [-0.39, 0.29) is 10.7 Å². The van der Waals surface area contributed by atoms with Crippen LogP contribution in [-0.4, -0.2) is 38.8 Å². The molecule has 1 aliphatic rings. The number of carbonyl (C=O) groups is 1. The SMILES string of the molecule is COc1ccc(Cl)cc1NC(=O)c1oc2ccc(S(=O)(=O)N3CC(C)CC(C)C3)cc2c1C. The van der Waals surface area contributed by atoms with Gasteiger partial charge in [0.2, 0.25) is 10.0 Å². The van der Waals surface area contributed by atoms with Crippen molar-refractivity contribution in [1.29, 1.82) is 0 Å². The molecule has 2 aromatic carbocycles. The van der Waals surface area contributed by atoms with Crippen LogP contribution in [0.1, 0.15) is 36.4 Å². The van der Waals surface area contributed by atoms with Gasteiger partial charge in [0.05, 0.1) is 17.7 Å². The van der Waals surface area contributed by atoms with Crippen molar-refractivity contribution in [3.05, 3.63) is 52.7 Å². The number of fused-ring (bicyclic) bond motifs is 1. The highest BCUT2D eigenvalue weighted by molar-refractivity contribution is 7.89. The summed E-state index contributed by atoms with van der Waals surface area (Å²) in [5.41, 5.74) is 1.41. The van der Waals surface area contributed by atoms with E-state index in [9.17, 15) is 13.2 Å². The lowest BCUT2D eigenvalue weighted by Gasteiger charge is -2.34. The van der Waals surface area contributed by atoms with E-state index in [4.69, 9.17) is 20.8 Å². The number of nitrogens with zero attached hydrogens (tertiary/aromatic N) is 1. The van der Waals surface area contributed by atoms with Crippen molar-refractivity contribution in [2.75, 3.05) is 25.5 Å². The molecule has 7 nitrogen and oxygen atoms in total. The molecular weight excluding hydrogens is 464 g/mol. The van der Waals surface area contributed by atoms with Crippen LogP contribution in [0.15, 0.2) is 45.7 Å². The first-order chi connectivity index (χ1) is 15.6. The Balaban J connectivity index is 1.66. The third kappa shape index (κ3) is 4.60. The molecule has 0 bridgehead atoms. The van der Waals surface area contributed by atoms with E-state index in [1.807, 2.05) is 0 Å². The number of nitrogens with one attached hydrogen (secondary N) is 1. The Morgan fingerprint density at radius 2 is 1.85 bits per heavy atom. The number of benzene rings is 2. The van der Waals surface area contributed by atoms with Crippen LogP contribution in [0.4, 0.5) is 5.69 Å². The average molecular weight is 491 g/mol. The summed E-state index contributed by atoms with van der Waals surface area (Å²) in [6.07, 6.45) is 1.02. The molecule has 1 saturated heterocycles. The van der Waals surface area contributed by atoms with E-state index >= 15 is 0 Å². The summed E-state index contributed by atoms with van der Waals surface area (Å²) in [6, 6.07) is 9.62. The summed E-state index contributed by atoms with van der Waals surface area (Å²) < 4.78 is 39.2. The van der Waals surface area contributed by atoms with Crippen LogP contribution in [-0.2, 0) is 10.0 Å². The first-order valence-corrected chi connectivity index (χ1v) is 12.6. The Morgan fingerprint density at radius 1 is 1.15 bits per heavy atom. The number of methoxy groups -OCH3 is 1. The number of sulfonamides is 1. The van der Waals surface area contributed by atoms with Crippen molar-refractivity contribution >= 4 is 44.2 Å². The molecule has 4 rings (SSSR count). The monoisotopic (exact) mass is 490 g/mol. The molecule has 3 aromatic rings. The number of halogens is 1. The Hall–Kier alpha value is -2.55. The molecule has 0 aliphatic carbocycles. The van der Waals surface area contributed by atoms with Gasteiger partial charge in [-0.1, -0.05) is 25.4 Å². The molecule has 0 radical (unpaired) electrons. The van der Waals surface area contributed by atoms with Crippen LogP contribution in [0.2, 0.25) is 5.02 Å². The fraction of sp³-hybridized carbons (Fsp3) is 0.375. The van der Waals surface area contributed by atoms with E-state index in [2.05, 4.69) is 19.2 Å². The fourth-order valence-corrected chi connectivity index (χ4v) is 6.36. The van der Waals surface area contributed by atoms with Crippen LogP contribution < -0.4 is 10.1 Å². The van der Waals surface area contributed by atoms with Gasteiger partial charge >= 0.3 is 0 Å². The number of rotatable bonds is 5. The molecule has 1 amide bonds. The number of carbonyl (C=O) groups excluding carboxylic acids is 1. The standard InChI is InChI=1S/C24H27ClN2O5S/c1-14-9-15(2)13-27(12-14)33(29,30)18-6-8-21-19(11-18)16(3)23(32-21)24(28)26-20-10-17(25)5-7-22(20)31-4/h5-8,10-11,14-15H,9,12-13H2,1-4H3,(H,26,28). The van der Waals surface area contributed by atoms with Crippen LogP contribution in [0.3, 0.4) is 0 Å². The lowest BCUT2D eigenvalue weighted by molar-refractivity contribution is 0.0997.